The predicted molar refractivity (Wildman–Crippen MR) is 79.4 cm³/mol. The fraction of sp³-hybridized carbons (Fsp3) is 0.429. The van der Waals surface area contributed by atoms with E-state index in [-0.39, 0.29) is 21.8 Å². The van der Waals surface area contributed by atoms with Gasteiger partial charge in [-0.2, -0.15) is 5.26 Å². The van der Waals surface area contributed by atoms with Crippen LogP contribution in [0.2, 0.25) is 10.2 Å². The quantitative estimate of drug-likeness (QED) is 0.655. The molecule has 1 aliphatic carbocycles. The maximum atomic E-state index is 11.8. The normalized spacial score (nSPS) is 16.3. The van der Waals surface area contributed by atoms with Crippen LogP contribution in [0.5, 0.6) is 0 Å². The van der Waals surface area contributed by atoms with Crippen LogP contribution >= 0.6 is 23.2 Å². The molecular formula is C14H13Cl2N3O3. The van der Waals surface area contributed by atoms with Crippen LogP contribution < -0.4 is 5.32 Å². The van der Waals surface area contributed by atoms with Crippen LogP contribution in [0, 0.1) is 17.2 Å². The minimum absolute atomic E-state index is 0.0784. The van der Waals surface area contributed by atoms with Crippen molar-refractivity contribution >= 4 is 35.1 Å². The number of carbonyl (C=O) groups excluding carboxylic acids is 2. The summed E-state index contributed by atoms with van der Waals surface area (Å²) in [5.74, 6) is -1.27. The van der Waals surface area contributed by atoms with E-state index in [9.17, 15) is 9.59 Å². The van der Waals surface area contributed by atoms with Crippen molar-refractivity contribution in [3.8, 4) is 6.07 Å². The Labute approximate surface area is 137 Å². The van der Waals surface area contributed by atoms with Gasteiger partial charge in [0.2, 0.25) is 0 Å². The third-order valence-corrected chi connectivity index (χ3v) is 3.88. The fourth-order valence-electron chi connectivity index (χ4n) is 1.97. The molecule has 0 aromatic carbocycles. The van der Waals surface area contributed by atoms with E-state index in [2.05, 4.69) is 16.4 Å². The van der Waals surface area contributed by atoms with Gasteiger partial charge in [0, 0.05) is 0 Å². The van der Waals surface area contributed by atoms with Crippen LogP contribution in [-0.4, -0.2) is 29.0 Å². The summed E-state index contributed by atoms with van der Waals surface area (Å²) >= 11 is 11.5. The Morgan fingerprint density at radius 2 is 2.18 bits per heavy atom. The Morgan fingerprint density at radius 1 is 1.50 bits per heavy atom. The second-order valence-electron chi connectivity index (χ2n) is 5.18. The lowest BCUT2D eigenvalue weighted by molar-refractivity contribution is -0.125. The summed E-state index contributed by atoms with van der Waals surface area (Å²) in [6.07, 6.45) is 1.79. The topological polar surface area (TPSA) is 92.1 Å². The van der Waals surface area contributed by atoms with Crippen molar-refractivity contribution in [2.45, 2.75) is 25.3 Å². The van der Waals surface area contributed by atoms with Gasteiger partial charge in [0.05, 0.1) is 11.1 Å². The number of aromatic nitrogens is 1. The molecule has 116 valence electrons. The summed E-state index contributed by atoms with van der Waals surface area (Å²) in [6, 6.07) is 4.93. The molecule has 6 nitrogen and oxygen atoms in total. The van der Waals surface area contributed by atoms with Gasteiger partial charge >= 0.3 is 5.97 Å². The van der Waals surface area contributed by atoms with Gasteiger partial charge in [-0.1, -0.05) is 23.2 Å². The highest BCUT2D eigenvalue weighted by molar-refractivity contribution is 6.34. The van der Waals surface area contributed by atoms with Gasteiger partial charge in [-0.05, 0) is 37.8 Å². The zero-order valence-electron chi connectivity index (χ0n) is 11.7. The summed E-state index contributed by atoms with van der Waals surface area (Å²) < 4.78 is 4.85. The highest BCUT2D eigenvalue weighted by atomic mass is 35.5. The molecule has 1 aromatic heterocycles. The summed E-state index contributed by atoms with van der Waals surface area (Å²) in [6.45, 7) is 1.13. The van der Waals surface area contributed by atoms with E-state index in [1.54, 1.807) is 6.92 Å². The van der Waals surface area contributed by atoms with Crippen molar-refractivity contribution in [3.63, 3.8) is 0 Å². The van der Waals surface area contributed by atoms with Gasteiger partial charge in [-0.25, -0.2) is 9.78 Å². The Balaban J connectivity index is 1.92. The molecule has 0 radical (unpaired) electrons. The highest BCUT2D eigenvalue weighted by Gasteiger charge is 2.43. The molecule has 0 bridgehead atoms. The molecule has 1 amide bonds. The second-order valence-corrected chi connectivity index (χ2v) is 5.97. The molecule has 22 heavy (non-hydrogen) atoms. The number of hydrogen-bond donors (Lipinski definition) is 1. The molecule has 0 unspecified atom stereocenters. The first-order valence-corrected chi connectivity index (χ1v) is 7.33. The lowest BCUT2D eigenvalue weighted by Gasteiger charge is -2.22. The molecule has 8 heteroatoms. The third-order valence-electron chi connectivity index (χ3n) is 3.36. The van der Waals surface area contributed by atoms with E-state index < -0.39 is 24.0 Å². The number of nitrogens with zero attached hydrogens (tertiary/aromatic N) is 2. The number of hydrogen-bond acceptors (Lipinski definition) is 5. The lowest BCUT2D eigenvalue weighted by Crippen LogP contribution is -2.48. The van der Waals surface area contributed by atoms with Crippen molar-refractivity contribution in [1.82, 2.24) is 10.3 Å². The number of pyridine rings is 1. The van der Waals surface area contributed by atoms with Crippen LogP contribution in [0.3, 0.4) is 0 Å². The monoisotopic (exact) mass is 341 g/mol. The second kappa shape index (κ2) is 6.51. The largest absolute Gasteiger partial charge is 0.451 e. The Morgan fingerprint density at radius 3 is 2.77 bits per heavy atom. The average molecular weight is 342 g/mol. The molecular weight excluding hydrogens is 329 g/mol. The summed E-state index contributed by atoms with van der Waals surface area (Å²) in [5, 5.41) is 11.9. The Hall–Kier alpha value is -1.84. The molecule has 2 rings (SSSR count). The molecule has 1 N–H and O–H groups in total. The zero-order chi connectivity index (χ0) is 16.3. The van der Waals surface area contributed by atoms with Crippen LogP contribution in [0.25, 0.3) is 0 Å². The minimum atomic E-state index is -0.935. The Bertz CT molecular complexity index is 655. The molecule has 0 aliphatic heterocycles. The zero-order valence-corrected chi connectivity index (χ0v) is 13.2. The number of rotatable bonds is 5. The van der Waals surface area contributed by atoms with E-state index >= 15 is 0 Å². The van der Waals surface area contributed by atoms with Crippen LogP contribution in [-0.2, 0) is 9.53 Å². The van der Waals surface area contributed by atoms with Crippen LogP contribution in [0.15, 0.2) is 12.1 Å². The number of nitriles is 1. The van der Waals surface area contributed by atoms with E-state index in [0.717, 1.165) is 12.8 Å². The number of halogens is 2. The molecule has 1 heterocycles. The van der Waals surface area contributed by atoms with Gasteiger partial charge in [-0.3, -0.25) is 4.79 Å². The first kappa shape index (κ1) is 16.5. The average Bonchev–Trinajstić information content (AvgIpc) is 3.32. The molecule has 1 aliphatic rings. The fourth-order valence-corrected chi connectivity index (χ4v) is 2.30. The first-order valence-electron chi connectivity index (χ1n) is 6.57. The molecule has 1 saturated carbocycles. The van der Waals surface area contributed by atoms with E-state index in [1.165, 1.54) is 12.1 Å². The van der Waals surface area contributed by atoms with Crippen LogP contribution in [0.4, 0.5) is 0 Å². The summed E-state index contributed by atoms with van der Waals surface area (Å²) in [4.78, 5) is 27.4. The lowest BCUT2D eigenvalue weighted by atomic mass is 9.98. The maximum absolute atomic E-state index is 11.8. The van der Waals surface area contributed by atoms with Gasteiger partial charge < -0.3 is 10.1 Å². The molecule has 0 spiro atoms. The molecule has 1 aromatic rings. The first-order chi connectivity index (χ1) is 10.4. The van der Waals surface area contributed by atoms with Crippen molar-refractivity contribution in [2.24, 2.45) is 5.92 Å². The van der Waals surface area contributed by atoms with Gasteiger partial charge in [0.25, 0.3) is 5.91 Å². The van der Waals surface area contributed by atoms with Crippen molar-refractivity contribution in [1.29, 1.82) is 5.26 Å². The standard InChI is InChI=1S/C14H13Cl2N3O3/c1-14(7-17,8-2-3-8)19-11(20)6-22-13(21)12-9(15)4-5-10(16)18-12/h4-5,8H,2-3,6H2,1H3,(H,19,20)/t14-/m1/s1. The highest BCUT2D eigenvalue weighted by Crippen LogP contribution is 2.39. The number of ether oxygens (including phenoxy) is 1. The third kappa shape index (κ3) is 3.87. The summed E-state index contributed by atoms with van der Waals surface area (Å²) in [5.41, 5.74) is -1.10. The number of esters is 1. The van der Waals surface area contributed by atoms with Crippen molar-refractivity contribution in [3.05, 3.63) is 28.0 Å². The molecule has 0 saturated heterocycles. The number of nitrogens with one attached hydrogen (secondary N) is 1. The SMILES string of the molecule is C[C@](C#N)(NC(=O)COC(=O)c1nc(Cl)ccc1Cl)C1CC1. The molecule has 1 atom stereocenters. The predicted octanol–water partition coefficient (Wildman–Crippen LogP) is 2.35. The smallest absolute Gasteiger partial charge is 0.359 e. The van der Waals surface area contributed by atoms with E-state index in [1.807, 2.05) is 0 Å². The minimum Gasteiger partial charge on any atom is -0.451 e. The molecule has 1 fully saturated rings. The summed E-state index contributed by atoms with van der Waals surface area (Å²) in [7, 11) is 0. The van der Waals surface area contributed by atoms with Gasteiger partial charge in [0.15, 0.2) is 12.3 Å². The van der Waals surface area contributed by atoms with Crippen LogP contribution in [0.1, 0.15) is 30.3 Å². The van der Waals surface area contributed by atoms with Crippen molar-refractivity contribution in [2.75, 3.05) is 6.61 Å². The maximum Gasteiger partial charge on any atom is 0.359 e. The van der Waals surface area contributed by atoms with E-state index in [4.69, 9.17) is 33.2 Å². The number of carbonyl (C=O) groups is 2. The van der Waals surface area contributed by atoms with Crippen molar-refractivity contribution < 1.29 is 14.3 Å². The van der Waals surface area contributed by atoms with Gasteiger partial charge in [-0.15, -0.1) is 0 Å². The van der Waals surface area contributed by atoms with E-state index in [0.29, 0.717) is 0 Å². The number of amides is 1. The van der Waals surface area contributed by atoms with Gasteiger partial charge in [0.1, 0.15) is 10.7 Å². The Kier molecular flexibility index (Phi) is 4.89.